The molecule has 6 nitrogen and oxygen atoms in total. The van der Waals surface area contributed by atoms with Gasteiger partial charge in [-0.25, -0.2) is 0 Å². The Morgan fingerprint density at radius 1 is 1.56 bits per heavy atom. The van der Waals surface area contributed by atoms with Crippen molar-refractivity contribution in [1.29, 1.82) is 0 Å². The fourth-order valence-corrected chi connectivity index (χ4v) is 3.18. The molecule has 2 amide bonds. The van der Waals surface area contributed by atoms with Crippen LogP contribution in [0.4, 0.5) is 0 Å². The van der Waals surface area contributed by atoms with Gasteiger partial charge >= 0.3 is 0 Å². The summed E-state index contributed by atoms with van der Waals surface area (Å²) in [4.78, 5) is 26.0. The third kappa shape index (κ3) is 3.37. The number of hydrogen-bond donors (Lipinski definition) is 1. The number of rotatable bonds is 5. The van der Waals surface area contributed by atoms with E-state index in [4.69, 9.17) is 0 Å². The van der Waals surface area contributed by atoms with Crippen LogP contribution in [0.3, 0.4) is 0 Å². The first-order chi connectivity index (χ1) is 8.38. The predicted octanol–water partition coefficient (Wildman–Crippen LogP) is -0.664. The fourth-order valence-electron chi connectivity index (χ4n) is 2.23. The summed E-state index contributed by atoms with van der Waals surface area (Å²) in [6.45, 7) is 4.58. The molecule has 104 valence electrons. The van der Waals surface area contributed by atoms with Gasteiger partial charge in [0, 0.05) is 33.1 Å². The van der Waals surface area contributed by atoms with Gasteiger partial charge in [0.2, 0.25) is 12.3 Å². The number of amides is 2. The van der Waals surface area contributed by atoms with Crippen molar-refractivity contribution >= 4 is 23.7 Å². The number of carbonyl (C=O) groups excluding carboxylic acids is 2. The Balaban J connectivity index is 2.77. The van der Waals surface area contributed by atoms with E-state index in [2.05, 4.69) is 4.72 Å². The Labute approximate surface area is 111 Å². The molecule has 0 aromatic rings. The number of nitrogens with one attached hydrogen (secondary N) is 1. The second kappa shape index (κ2) is 6.40. The molecule has 0 aromatic carbocycles. The predicted molar refractivity (Wildman–Crippen MR) is 70.1 cm³/mol. The lowest BCUT2D eigenvalue weighted by Crippen LogP contribution is -2.45. The number of hydrogen-bond acceptors (Lipinski definition) is 4. The Morgan fingerprint density at radius 3 is 2.61 bits per heavy atom. The van der Waals surface area contributed by atoms with Gasteiger partial charge in [0.05, 0.1) is 17.4 Å². The molecule has 1 fully saturated rings. The van der Waals surface area contributed by atoms with Gasteiger partial charge in [0.15, 0.2) is 5.25 Å². The quantitative estimate of drug-likeness (QED) is 0.533. The van der Waals surface area contributed by atoms with Gasteiger partial charge in [0.1, 0.15) is 0 Å². The van der Waals surface area contributed by atoms with E-state index in [0.717, 1.165) is 0 Å². The van der Waals surface area contributed by atoms with Crippen LogP contribution in [-0.4, -0.2) is 64.6 Å². The summed E-state index contributed by atoms with van der Waals surface area (Å²) in [5.41, 5.74) is 0. The summed E-state index contributed by atoms with van der Waals surface area (Å²) in [7, 11) is 3.43. The highest BCUT2D eigenvalue weighted by molar-refractivity contribution is 7.90. The minimum absolute atomic E-state index is 0.0225. The highest BCUT2D eigenvalue weighted by Crippen LogP contribution is 2.25. The van der Waals surface area contributed by atoms with E-state index in [-0.39, 0.29) is 23.2 Å². The molecule has 0 saturated carbocycles. The maximum absolute atomic E-state index is 12.1. The van der Waals surface area contributed by atoms with Crippen LogP contribution < -0.4 is 4.72 Å². The summed E-state index contributed by atoms with van der Waals surface area (Å²) < 4.78 is 14.0. The van der Waals surface area contributed by atoms with Crippen LogP contribution in [0.2, 0.25) is 0 Å². The lowest BCUT2D eigenvalue weighted by atomic mass is 10.2. The van der Waals surface area contributed by atoms with Gasteiger partial charge in [0.25, 0.3) is 0 Å². The van der Waals surface area contributed by atoms with Crippen molar-refractivity contribution in [2.45, 2.75) is 37.6 Å². The number of likely N-dealkylation sites (N-methyl/N-ethyl adjacent to an activating group) is 1. The minimum Gasteiger partial charge on any atom is -0.593 e. The first-order valence-electron chi connectivity index (χ1n) is 5.95. The van der Waals surface area contributed by atoms with E-state index in [1.807, 2.05) is 18.7 Å². The molecule has 0 aliphatic carbocycles. The van der Waals surface area contributed by atoms with E-state index >= 15 is 0 Å². The van der Waals surface area contributed by atoms with Crippen molar-refractivity contribution in [3.05, 3.63) is 0 Å². The second-order valence-corrected chi connectivity index (χ2v) is 6.43. The van der Waals surface area contributed by atoms with Gasteiger partial charge in [-0.15, -0.1) is 0 Å². The average Bonchev–Trinajstić information content (AvgIpc) is 2.72. The average molecular weight is 275 g/mol. The molecular weight excluding hydrogens is 254 g/mol. The SMILES string of the molecule is CC(C)N1CC([S+]([O-])NC=O)CC1C(=O)N(C)C. The molecule has 1 rings (SSSR count). The molecule has 0 bridgehead atoms. The van der Waals surface area contributed by atoms with Crippen LogP contribution >= 0.6 is 0 Å². The standard InChI is InChI=1S/C11H21N3O3S/c1-8(2)14-6-9(18(17)12-7-15)5-10(14)11(16)13(3)4/h7-10H,5-6H2,1-4H3,(H,12,15). The first-order valence-corrected chi connectivity index (χ1v) is 7.17. The first kappa shape index (κ1) is 15.3. The Hall–Kier alpha value is -0.790. The maximum Gasteiger partial charge on any atom is 0.248 e. The molecule has 0 radical (unpaired) electrons. The Kier molecular flexibility index (Phi) is 5.43. The van der Waals surface area contributed by atoms with Crippen molar-refractivity contribution in [1.82, 2.24) is 14.5 Å². The summed E-state index contributed by atoms with van der Waals surface area (Å²) in [6.07, 6.45) is 0.958. The molecular formula is C11H21N3O3S. The molecule has 3 unspecified atom stereocenters. The topological polar surface area (TPSA) is 75.7 Å². The lowest BCUT2D eigenvalue weighted by Gasteiger charge is -2.28. The van der Waals surface area contributed by atoms with Crippen LogP contribution in [0, 0.1) is 0 Å². The highest BCUT2D eigenvalue weighted by Gasteiger charge is 2.44. The van der Waals surface area contributed by atoms with Crippen molar-refractivity contribution < 1.29 is 14.1 Å². The Bertz CT molecular complexity index is 312. The maximum atomic E-state index is 12.1. The minimum atomic E-state index is -1.41. The van der Waals surface area contributed by atoms with Crippen LogP contribution in [-0.2, 0) is 21.0 Å². The molecule has 1 heterocycles. The monoisotopic (exact) mass is 275 g/mol. The van der Waals surface area contributed by atoms with Crippen molar-refractivity contribution in [2.24, 2.45) is 0 Å². The molecule has 18 heavy (non-hydrogen) atoms. The fraction of sp³-hybridized carbons (Fsp3) is 0.818. The highest BCUT2D eigenvalue weighted by atomic mass is 32.2. The zero-order valence-electron chi connectivity index (χ0n) is 11.3. The summed E-state index contributed by atoms with van der Waals surface area (Å²) in [5, 5.41) is -0.188. The molecule has 3 atom stereocenters. The van der Waals surface area contributed by atoms with Crippen molar-refractivity contribution in [3.8, 4) is 0 Å². The molecule has 1 aliphatic rings. The molecule has 0 spiro atoms. The van der Waals surface area contributed by atoms with E-state index in [1.165, 1.54) is 0 Å². The van der Waals surface area contributed by atoms with E-state index in [1.54, 1.807) is 19.0 Å². The zero-order chi connectivity index (χ0) is 13.9. The van der Waals surface area contributed by atoms with Crippen LogP contribution in [0.1, 0.15) is 20.3 Å². The number of nitrogens with zero attached hydrogens (tertiary/aromatic N) is 2. The number of likely N-dealkylation sites (tertiary alicyclic amines) is 1. The zero-order valence-corrected chi connectivity index (χ0v) is 12.1. The molecule has 0 aromatic heterocycles. The normalized spacial score (nSPS) is 26.1. The Morgan fingerprint density at radius 2 is 2.17 bits per heavy atom. The largest absolute Gasteiger partial charge is 0.593 e. The van der Waals surface area contributed by atoms with Gasteiger partial charge < -0.3 is 9.45 Å². The van der Waals surface area contributed by atoms with Crippen LogP contribution in [0.15, 0.2) is 0 Å². The summed E-state index contributed by atoms with van der Waals surface area (Å²) in [6, 6.07) is -0.0421. The van der Waals surface area contributed by atoms with Gasteiger partial charge in [-0.2, -0.15) is 4.72 Å². The summed E-state index contributed by atoms with van der Waals surface area (Å²) >= 11 is -1.41. The molecule has 1 N–H and O–H groups in total. The van der Waals surface area contributed by atoms with Crippen LogP contribution in [0.5, 0.6) is 0 Å². The molecule has 1 saturated heterocycles. The second-order valence-electron chi connectivity index (χ2n) is 4.93. The van der Waals surface area contributed by atoms with Crippen molar-refractivity contribution in [2.75, 3.05) is 20.6 Å². The molecule has 7 heteroatoms. The lowest BCUT2D eigenvalue weighted by molar-refractivity contribution is -0.134. The van der Waals surface area contributed by atoms with Crippen molar-refractivity contribution in [3.63, 3.8) is 0 Å². The van der Waals surface area contributed by atoms with E-state index in [9.17, 15) is 14.1 Å². The van der Waals surface area contributed by atoms with E-state index in [0.29, 0.717) is 19.4 Å². The summed E-state index contributed by atoms with van der Waals surface area (Å²) in [5.74, 6) is 0.0225. The van der Waals surface area contributed by atoms with Gasteiger partial charge in [-0.3, -0.25) is 14.5 Å². The third-order valence-electron chi connectivity index (χ3n) is 3.16. The number of carbonyl (C=O) groups is 2. The van der Waals surface area contributed by atoms with Gasteiger partial charge in [-0.1, -0.05) is 0 Å². The van der Waals surface area contributed by atoms with E-state index < -0.39 is 11.4 Å². The smallest absolute Gasteiger partial charge is 0.248 e. The third-order valence-corrected chi connectivity index (χ3v) is 4.43. The van der Waals surface area contributed by atoms with Gasteiger partial charge in [-0.05, 0) is 13.8 Å². The molecule has 1 aliphatic heterocycles. The van der Waals surface area contributed by atoms with Crippen LogP contribution in [0.25, 0.3) is 0 Å².